The molecule has 0 spiro atoms. The minimum atomic E-state index is -1.46. The Kier molecular flexibility index (Phi) is 33.4. The molecule has 10 heterocycles. The molecule has 5 aliphatic heterocycles. The molecule has 15 N–H and O–H groups in total. The first-order valence-corrected chi connectivity index (χ1v) is 42.7. The molecule has 15 rings (SSSR count). The fraction of sp³-hybridized carbons (Fsp3) is 0.333. The van der Waals surface area contributed by atoms with Crippen LogP contribution < -0.4 is 53.7 Å². The number of nitrogens with zero attached hydrogens (tertiary/aromatic N) is 12. The van der Waals surface area contributed by atoms with E-state index in [1.54, 1.807) is 66.9 Å². The van der Waals surface area contributed by atoms with Crippen molar-refractivity contribution in [3.63, 3.8) is 0 Å². The number of nitrogens with two attached hydrogens (primary N) is 2. The number of carboxylic acid groups (broad SMARTS) is 5. The number of nitrogen functional groups attached to an aromatic ring is 2. The molecule has 5 aromatic heterocycles. The second-order valence-corrected chi connectivity index (χ2v) is 35.1. The maximum absolute atomic E-state index is 14.2. The lowest BCUT2D eigenvalue weighted by atomic mass is 9.76. The molecule has 5 aliphatic rings. The number of halogens is 2. The molecular formula is C69H74B5F2N15O26S7. The third kappa shape index (κ3) is 22.7. The topological polar surface area (TPSA) is 611 Å². The smallest absolute Gasteiger partial charge is 0.535 e. The number of hydrogen-bond acceptors (Lipinski definition) is 40. The number of ether oxygens (including phenoxy) is 4. The van der Waals surface area contributed by atoms with Crippen LogP contribution in [0.4, 0.5) is 19.0 Å². The first-order chi connectivity index (χ1) is 59.3. The van der Waals surface area contributed by atoms with Crippen molar-refractivity contribution < 1.29 is 135 Å². The average molecular weight is 1850 g/mol. The van der Waals surface area contributed by atoms with Crippen molar-refractivity contribution in [2.75, 3.05) is 39.9 Å². The van der Waals surface area contributed by atoms with E-state index < -0.39 is 87.8 Å². The van der Waals surface area contributed by atoms with Crippen LogP contribution in [0.25, 0.3) is 0 Å². The highest BCUT2D eigenvalue weighted by molar-refractivity contribution is 8.03. The summed E-state index contributed by atoms with van der Waals surface area (Å²) in [6, 6.07) is 11.9. The molecule has 124 heavy (non-hydrogen) atoms. The van der Waals surface area contributed by atoms with E-state index in [9.17, 15) is 83.4 Å². The van der Waals surface area contributed by atoms with Crippen LogP contribution in [-0.4, -0.2) is 242 Å². The summed E-state index contributed by atoms with van der Waals surface area (Å²) in [7, 11) is -0.503. The number of anilines is 2. The molecular weight excluding hydrogens is 1770 g/mol. The normalized spacial score (nSPS) is 16.1. The third-order valence-corrected chi connectivity index (χ3v) is 26.0. The van der Waals surface area contributed by atoms with Gasteiger partial charge in [-0.15, -0.1) is 52.6 Å². The van der Waals surface area contributed by atoms with Gasteiger partial charge in [-0.2, -0.15) is 19.9 Å². The van der Waals surface area contributed by atoms with E-state index >= 15 is 0 Å². The zero-order valence-electron chi connectivity index (χ0n) is 66.3. The number of methoxy groups -OCH3 is 4. The number of thioether (sulfide) groups is 5. The predicted molar refractivity (Wildman–Crippen MR) is 448 cm³/mol. The molecule has 0 bridgehead atoms. The maximum Gasteiger partial charge on any atom is 0.537 e. The molecule has 0 aliphatic carbocycles. The molecule has 0 fully saturated rings. The highest BCUT2D eigenvalue weighted by Crippen LogP contribution is 2.47. The summed E-state index contributed by atoms with van der Waals surface area (Å²) in [5.74, 6) is -7.44. The summed E-state index contributed by atoms with van der Waals surface area (Å²) in [6.45, 7) is 8.67. The lowest BCUT2D eigenvalue weighted by Crippen LogP contribution is -2.41. The number of nitrogens with one attached hydrogen (secondary N) is 1. The highest BCUT2D eigenvalue weighted by atomic mass is 32.2. The summed E-state index contributed by atoms with van der Waals surface area (Å²) in [4.78, 5) is 78.0. The number of carbonyl (C=O) groups is 5. The Balaban J connectivity index is 0.000000161. The molecule has 0 unspecified atom stereocenters. The Morgan fingerprint density at radius 3 is 1.40 bits per heavy atom. The molecule has 0 radical (unpaired) electrons. The number of aromatic carboxylic acids is 5. The summed E-state index contributed by atoms with van der Waals surface area (Å²) in [5.41, 5.74) is 13.1. The fourth-order valence-corrected chi connectivity index (χ4v) is 19.7. The average Bonchev–Trinajstić information content (AvgIpc) is 1.03. The van der Waals surface area contributed by atoms with Gasteiger partial charge in [0.05, 0.1) is 60.4 Å². The van der Waals surface area contributed by atoms with Crippen molar-refractivity contribution >= 4 is 163 Å². The van der Waals surface area contributed by atoms with Gasteiger partial charge in [-0.25, -0.2) is 37.7 Å². The number of rotatable bonds is 24. The van der Waals surface area contributed by atoms with Crippen LogP contribution in [0.1, 0.15) is 124 Å². The number of aromatic nitrogens is 13. The number of aryl methyl sites for hydroxylation is 3. The fourth-order valence-electron chi connectivity index (χ4n) is 12.8. The van der Waals surface area contributed by atoms with Gasteiger partial charge in [-0.3, -0.25) is 4.68 Å². The van der Waals surface area contributed by atoms with Crippen molar-refractivity contribution in [2.45, 2.75) is 142 Å². The van der Waals surface area contributed by atoms with Gasteiger partial charge in [0.1, 0.15) is 97.2 Å². The largest absolute Gasteiger partial charge is 0.537 e. The van der Waals surface area contributed by atoms with Crippen LogP contribution in [0.15, 0.2) is 85.3 Å². The quantitative estimate of drug-likeness (QED) is 0.0298. The molecule has 0 saturated carbocycles. The number of aromatic amines is 1. The van der Waals surface area contributed by atoms with E-state index in [0.29, 0.717) is 82.7 Å². The Morgan fingerprint density at radius 2 is 0.984 bits per heavy atom. The van der Waals surface area contributed by atoms with Gasteiger partial charge in [0, 0.05) is 24.2 Å². The van der Waals surface area contributed by atoms with Gasteiger partial charge in [-0.1, -0.05) is 108 Å². The molecule has 5 atom stereocenters. The van der Waals surface area contributed by atoms with E-state index in [4.69, 9.17) is 63.3 Å². The standard InChI is InChI=1S/C16H20BN3O5S.C15H18BN3O5S.C13H14BN3O5S2.C12H10BF2N3O4S2.C12H12BN3O5S.CO2/c1-3-4-7-20-9-18-16(19-20)26-12-8-10-5-6-11(24-2)13(15(21)22)14(10)25-17(12)23;1-3-6-19-8-17-18-15(19)25-11-7-9-4-5-10(23-2)12(14(20)21)13(9)24-16(11)22;1-5-3-6-4-7(23-13-17-16-12(15)24-13)14(20)22-10(6)8(11(18)19)9(5)21-2;1-3-6(10(19)20)9-4(8(15)7(3)14)2-5(13(21)22-9)23-12-18-17-11(16)24-12;1-20-7-3-2-6-4-8(22-9-5-14-16-15-9)13(19)21-11(6)10(7)12(17)18;2-1-3/h5-6,9,12,23H,3-4,7-8H2,1-2H3,(H,21,22);4-5,8,11,22H,3,6-7H2,1-2H3,(H,20,21);3,7,20H,4H2,1-2H3,(H2,15,16)(H,18,19);5,21H,2H2,1H3,(H2,16,17)(H,19,20);2-3,5,8,19H,4H2,1H3,(H,17,18)(H,14,15,16);/t12-;11-;7-;5-;8-;/m00000./s1. The summed E-state index contributed by atoms with van der Waals surface area (Å²) in [6.07, 6.45) is 9.79. The first kappa shape index (κ1) is 95.1. The first-order valence-electron chi connectivity index (χ1n) is 36.6. The SMILES string of the molecule is CCCCn1cnc(S[C@H]2Cc3ccc(OC)c(C(=O)O)c3OB2O)n1.CCCn1cnnc1S[C@H]1Cc2ccc(OC)c(C(=O)O)c2OB1O.COc1c(C)cc2c(c1C(=O)O)OB(O)[C@@H](Sc1nnc(N)s1)C2.COc1ccc2c(c1C(=O)O)OB(O)[C@@H](Sc1cn[nH]n1)C2.Cc1c(F)c(F)c2c(c1C(=O)O)OB(O)[C@@H](Sc1nnc(N)s1)C2.O=C=O. The Labute approximate surface area is 732 Å². The van der Waals surface area contributed by atoms with Gasteiger partial charge >= 0.3 is 71.6 Å². The van der Waals surface area contributed by atoms with Crippen molar-refractivity contribution in [3.05, 3.63) is 140 Å². The Hall–Kier alpha value is -11.1. The number of unbranched alkanes of at least 4 members (excludes halogenated alkanes) is 1. The molecule has 41 nitrogen and oxygen atoms in total. The number of carboxylic acids is 5. The predicted octanol–water partition coefficient (Wildman–Crippen LogP) is 6.23. The molecule has 55 heteroatoms. The van der Waals surface area contributed by atoms with Gasteiger partial charge in [-0.05, 0) is 111 Å². The van der Waals surface area contributed by atoms with Crippen LogP contribution >= 0.6 is 81.5 Å². The summed E-state index contributed by atoms with van der Waals surface area (Å²) in [5, 5.41) is 136. The lowest BCUT2D eigenvalue weighted by Gasteiger charge is -2.28. The Bertz CT molecular complexity index is 5540. The molecule has 5 aromatic carbocycles. The number of H-pyrrole nitrogens is 1. The van der Waals surface area contributed by atoms with E-state index in [-0.39, 0.29) is 123 Å². The molecule has 10 aromatic rings. The van der Waals surface area contributed by atoms with E-state index in [1.807, 2.05) is 10.6 Å². The molecule has 0 amide bonds. The van der Waals surface area contributed by atoms with E-state index in [2.05, 4.69) is 69.9 Å². The Morgan fingerprint density at radius 1 is 0.548 bits per heavy atom. The zero-order valence-corrected chi connectivity index (χ0v) is 72.0. The van der Waals surface area contributed by atoms with E-state index in [1.165, 1.54) is 86.8 Å². The van der Waals surface area contributed by atoms with Crippen molar-refractivity contribution in [1.82, 2.24) is 65.3 Å². The molecule has 652 valence electrons. The summed E-state index contributed by atoms with van der Waals surface area (Å²) >= 11 is 8.63. The van der Waals surface area contributed by atoms with E-state index in [0.717, 1.165) is 62.4 Å². The van der Waals surface area contributed by atoms with Crippen LogP contribution in [0.5, 0.6) is 51.7 Å². The van der Waals surface area contributed by atoms with Crippen molar-refractivity contribution in [2.24, 2.45) is 0 Å². The van der Waals surface area contributed by atoms with Gasteiger partial charge in [0.2, 0.25) is 15.4 Å². The summed E-state index contributed by atoms with van der Waals surface area (Å²) < 4.78 is 80.7. The lowest BCUT2D eigenvalue weighted by molar-refractivity contribution is -0.191. The second kappa shape index (κ2) is 43.5. The van der Waals surface area contributed by atoms with Crippen LogP contribution in [-0.2, 0) is 54.8 Å². The number of benzene rings is 5. The minimum absolute atomic E-state index is 0.0725. The minimum Gasteiger partial charge on any atom is -0.535 e. The van der Waals surface area contributed by atoms with Crippen LogP contribution in [0.2, 0.25) is 0 Å². The van der Waals surface area contributed by atoms with Gasteiger partial charge in [0.25, 0.3) is 0 Å². The van der Waals surface area contributed by atoms with Crippen molar-refractivity contribution in [3.8, 4) is 51.7 Å². The van der Waals surface area contributed by atoms with Gasteiger partial charge in [0.15, 0.2) is 25.5 Å². The molecule has 0 saturated heterocycles. The van der Waals surface area contributed by atoms with Crippen molar-refractivity contribution in [1.29, 1.82) is 0 Å². The zero-order chi connectivity index (χ0) is 90.1. The highest BCUT2D eigenvalue weighted by Gasteiger charge is 2.46. The maximum atomic E-state index is 14.2. The van der Waals surface area contributed by atoms with Crippen LogP contribution in [0, 0.1) is 25.5 Å². The number of hydrogen-bond donors (Lipinski definition) is 13. The van der Waals surface area contributed by atoms with Gasteiger partial charge < -0.3 is 109 Å². The number of fused-ring (bicyclic) bond motifs is 5. The monoisotopic (exact) mass is 1850 g/mol. The number of carbonyl (C=O) groups excluding carboxylic acids is 2. The van der Waals surface area contributed by atoms with Crippen LogP contribution in [0.3, 0.4) is 0 Å². The second-order valence-electron chi connectivity index (χ2n) is 26.4. The third-order valence-electron chi connectivity index (χ3n) is 18.4.